The van der Waals surface area contributed by atoms with Gasteiger partial charge < -0.3 is 14.4 Å². The third-order valence-electron chi connectivity index (χ3n) is 1.67. The lowest BCUT2D eigenvalue weighted by Crippen LogP contribution is -2.18. The molecule has 17 heavy (non-hydrogen) atoms. The van der Waals surface area contributed by atoms with Gasteiger partial charge in [-0.05, 0) is 13.8 Å². The van der Waals surface area contributed by atoms with Crippen LogP contribution in [0.5, 0.6) is 0 Å². The zero-order valence-electron chi connectivity index (χ0n) is 9.71. The number of amides is 1. The topological polar surface area (TPSA) is 77.5 Å². The van der Waals surface area contributed by atoms with Crippen molar-refractivity contribution in [2.75, 3.05) is 24.7 Å². The van der Waals surface area contributed by atoms with Crippen LogP contribution in [0.15, 0.2) is 11.6 Å². The monoisotopic (exact) mass is 278 g/mol. The summed E-state index contributed by atoms with van der Waals surface area (Å²) in [5.74, 6) is -0.426. The summed E-state index contributed by atoms with van der Waals surface area (Å²) in [6.07, 6.45) is 1.28. The number of nitrogens with zero attached hydrogens (tertiary/aromatic N) is 1. The van der Waals surface area contributed by atoms with Gasteiger partial charge in [0, 0.05) is 11.6 Å². The second-order valence-electron chi connectivity index (χ2n) is 2.99. The first-order valence-electron chi connectivity index (χ1n) is 5.17. The molecule has 0 spiro atoms. The molecule has 0 aliphatic heterocycles. The molecule has 0 radical (unpaired) electrons. The Morgan fingerprint density at radius 2 is 2.12 bits per heavy atom. The predicted molar refractivity (Wildman–Crippen MR) is 66.5 cm³/mol. The Kier molecular flexibility index (Phi) is 5.77. The molecule has 6 nitrogen and oxygen atoms in total. The lowest BCUT2D eigenvalue weighted by molar-refractivity contribution is -0.114. The molecule has 0 unspecified atom stereocenters. The Morgan fingerprint density at radius 3 is 2.59 bits per heavy atom. The van der Waals surface area contributed by atoms with Crippen molar-refractivity contribution < 1.29 is 18.4 Å². The van der Waals surface area contributed by atoms with E-state index >= 15 is 0 Å². The molecular formula is C9H15N2O4PS. The maximum Gasteiger partial charge on any atom is 0.340 e. The molecule has 0 aromatic carbocycles. The van der Waals surface area contributed by atoms with E-state index in [2.05, 4.69) is 10.3 Å². The molecule has 1 amide bonds. The smallest absolute Gasteiger partial charge is 0.309 e. The van der Waals surface area contributed by atoms with Crippen LogP contribution in [0.25, 0.3) is 0 Å². The maximum absolute atomic E-state index is 12.0. The SMILES string of the molecule is CCOP(=O)(CC(=O)Nc1nccs1)OCC. The minimum absolute atomic E-state index is 0.238. The van der Waals surface area contributed by atoms with Crippen molar-refractivity contribution in [3.63, 3.8) is 0 Å². The summed E-state index contributed by atoms with van der Waals surface area (Å²) < 4.78 is 22.1. The highest BCUT2D eigenvalue weighted by Gasteiger charge is 2.27. The van der Waals surface area contributed by atoms with E-state index in [0.717, 1.165) is 0 Å². The van der Waals surface area contributed by atoms with Gasteiger partial charge >= 0.3 is 7.60 Å². The molecule has 1 N–H and O–H groups in total. The highest BCUT2D eigenvalue weighted by Crippen LogP contribution is 2.47. The Labute approximate surface area is 104 Å². The van der Waals surface area contributed by atoms with Crippen LogP contribution in [-0.2, 0) is 18.4 Å². The molecule has 0 saturated heterocycles. The fourth-order valence-corrected chi connectivity index (χ4v) is 3.16. The maximum atomic E-state index is 12.0. The van der Waals surface area contributed by atoms with Crippen LogP contribution in [0.2, 0.25) is 0 Å². The van der Waals surface area contributed by atoms with Gasteiger partial charge in [-0.15, -0.1) is 11.3 Å². The van der Waals surface area contributed by atoms with Crippen LogP contribution < -0.4 is 5.32 Å². The van der Waals surface area contributed by atoms with Crippen LogP contribution in [0.4, 0.5) is 5.13 Å². The molecule has 0 saturated carbocycles. The molecule has 96 valence electrons. The molecule has 1 heterocycles. The Bertz CT molecular complexity index is 386. The number of rotatable bonds is 7. The zero-order chi connectivity index (χ0) is 12.7. The predicted octanol–water partition coefficient (Wildman–Crippen LogP) is 2.35. The molecule has 0 aliphatic rings. The van der Waals surface area contributed by atoms with Crippen molar-refractivity contribution in [3.05, 3.63) is 11.6 Å². The first-order chi connectivity index (χ1) is 8.09. The van der Waals surface area contributed by atoms with Gasteiger partial charge in [0.25, 0.3) is 0 Å². The van der Waals surface area contributed by atoms with Gasteiger partial charge in [0.1, 0.15) is 6.16 Å². The second kappa shape index (κ2) is 6.86. The first-order valence-corrected chi connectivity index (χ1v) is 7.78. The van der Waals surface area contributed by atoms with Gasteiger partial charge in [-0.1, -0.05) is 0 Å². The number of carbonyl (C=O) groups excluding carboxylic acids is 1. The highest BCUT2D eigenvalue weighted by molar-refractivity contribution is 7.54. The van der Waals surface area contributed by atoms with Gasteiger partial charge in [0.05, 0.1) is 13.2 Å². The van der Waals surface area contributed by atoms with E-state index in [0.29, 0.717) is 5.13 Å². The van der Waals surface area contributed by atoms with Gasteiger partial charge in [0.2, 0.25) is 5.91 Å². The van der Waals surface area contributed by atoms with E-state index in [1.807, 2.05) is 0 Å². The molecular weight excluding hydrogens is 263 g/mol. The largest absolute Gasteiger partial charge is 0.340 e. The van der Waals surface area contributed by atoms with Crippen LogP contribution >= 0.6 is 18.9 Å². The molecule has 1 aromatic rings. The lowest BCUT2D eigenvalue weighted by atomic mass is 10.7. The quantitative estimate of drug-likeness (QED) is 0.775. The lowest BCUT2D eigenvalue weighted by Gasteiger charge is -2.15. The summed E-state index contributed by atoms with van der Waals surface area (Å²) >= 11 is 1.29. The molecule has 0 atom stereocenters. The van der Waals surface area contributed by atoms with Gasteiger partial charge in [-0.3, -0.25) is 9.36 Å². The Morgan fingerprint density at radius 1 is 1.47 bits per heavy atom. The van der Waals surface area contributed by atoms with Crippen molar-refractivity contribution in [1.29, 1.82) is 0 Å². The van der Waals surface area contributed by atoms with Crippen molar-refractivity contribution in [1.82, 2.24) is 4.98 Å². The van der Waals surface area contributed by atoms with Gasteiger partial charge in [-0.25, -0.2) is 4.98 Å². The van der Waals surface area contributed by atoms with Gasteiger partial charge in [0.15, 0.2) is 5.13 Å². The zero-order valence-corrected chi connectivity index (χ0v) is 11.4. The normalized spacial score (nSPS) is 11.4. The van der Waals surface area contributed by atoms with Crippen molar-refractivity contribution in [3.8, 4) is 0 Å². The van der Waals surface area contributed by atoms with Crippen LogP contribution in [0.1, 0.15) is 13.8 Å². The fraction of sp³-hybridized carbons (Fsp3) is 0.556. The van der Waals surface area contributed by atoms with Gasteiger partial charge in [-0.2, -0.15) is 0 Å². The average Bonchev–Trinajstić information content (AvgIpc) is 2.70. The summed E-state index contributed by atoms with van der Waals surface area (Å²) in [5.41, 5.74) is 0. The average molecular weight is 278 g/mol. The van der Waals surface area contributed by atoms with Crippen molar-refractivity contribution >= 4 is 30.0 Å². The third-order valence-corrected chi connectivity index (χ3v) is 4.33. The standard InChI is InChI=1S/C9H15N2O4PS/c1-3-14-16(13,15-4-2)7-8(12)11-9-10-5-6-17-9/h5-6H,3-4,7H2,1-2H3,(H,10,11,12). The van der Waals surface area contributed by atoms with E-state index in [9.17, 15) is 9.36 Å². The number of hydrogen-bond donors (Lipinski definition) is 1. The molecule has 0 fully saturated rings. The van der Waals surface area contributed by atoms with Crippen LogP contribution in [0, 0.1) is 0 Å². The van der Waals surface area contributed by atoms with Crippen molar-refractivity contribution in [2.45, 2.75) is 13.8 Å². The summed E-state index contributed by atoms with van der Waals surface area (Å²) in [6.45, 7) is 3.87. The number of nitrogens with one attached hydrogen (secondary N) is 1. The summed E-state index contributed by atoms with van der Waals surface area (Å²) in [7, 11) is -3.33. The number of aromatic nitrogens is 1. The minimum Gasteiger partial charge on any atom is -0.309 e. The van der Waals surface area contributed by atoms with E-state index in [-0.39, 0.29) is 19.4 Å². The van der Waals surface area contributed by atoms with Crippen molar-refractivity contribution in [2.24, 2.45) is 0 Å². The summed E-state index contributed by atoms with van der Waals surface area (Å²) in [6, 6.07) is 0. The van der Waals surface area contributed by atoms with E-state index < -0.39 is 13.5 Å². The van der Waals surface area contributed by atoms with E-state index in [1.165, 1.54) is 11.3 Å². The Balaban J connectivity index is 2.55. The van der Waals surface area contributed by atoms with Crippen LogP contribution in [0.3, 0.4) is 0 Å². The number of hydrogen-bond acceptors (Lipinski definition) is 6. The first kappa shape index (κ1) is 14.3. The number of anilines is 1. The highest BCUT2D eigenvalue weighted by atomic mass is 32.1. The Hall–Kier alpha value is -0.750. The van der Waals surface area contributed by atoms with E-state index in [1.54, 1.807) is 25.4 Å². The molecule has 0 aliphatic carbocycles. The molecule has 1 rings (SSSR count). The number of thiazole rings is 1. The third kappa shape index (κ3) is 4.95. The molecule has 1 aromatic heterocycles. The fourth-order valence-electron chi connectivity index (χ4n) is 1.14. The summed E-state index contributed by atoms with van der Waals surface area (Å²) in [4.78, 5) is 15.5. The molecule has 8 heteroatoms. The van der Waals surface area contributed by atoms with E-state index in [4.69, 9.17) is 9.05 Å². The van der Waals surface area contributed by atoms with Crippen LogP contribution in [-0.4, -0.2) is 30.3 Å². The summed E-state index contributed by atoms with van der Waals surface area (Å²) in [5, 5.41) is 4.73. The number of carbonyl (C=O) groups is 1. The molecule has 0 bridgehead atoms. The second-order valence-corrected chi connectivity index (χ2v) is 5.94. The minimum atomic E-state index is -3.33.